The molecule has 0 atom stereocenters. The highest BCUT2D eigenvalue weighted by Crippen LogP contribution is 2.19. The van der Waals surface area contributed by atoms with Gasteiger partial charge in [-0.2, -0.15) is 0 Å². The van der Waals surface area contributed by atoms with Crippen molar-refractivity contribution in [2.24, 2.45) is 5.73 Å². The van der Waals surface area contributed by atoms with E-state index in [-0.39, 0.29) is 22.4 Å². The lowest BCUT2D eigenvalue weighted by atomic mass is 10.2. The summed E-state index contributed by atoms with van der Waals surface area (Å²) in [6.07, 6.45) is 0. The van der Waals surface area contributed by atoms with Crippen LogP contribution >= 0.6 is 0 Å². The van der Waals surface area contributed by atoms with Gasteiger partial charge in [0.1, 0.15) is 5.58 Å². The monoisotopic (exact) mass is 234 g/mol. The molecule has 0 radical (unpaired) electrons. The molecule has 0 saturated heterocycles. The predicted molar refractivity (Wildman–Crippen MR) is 57.7 cm³/mol. The van der Waals surface area contributed by atoms with Crippen LogP contribution in [0.2, 0.25) is 0 Å². The summed E-state index contributed by atoms with van der Waals surface area (Å²) in [5, 5.41) is 10.7. The minimum atomic E-state index is -0.907. The highest BCUT2D eigenvalue weighted by atomic mass is 16.6. The van der Waals surface area contributed by atoms with Crippen LogP contribution in [-0.2, 0) is 0 Å². The van der Waals surface area contributed by atoms with Crippen molar-refractivity contribution in [1.82, 2.24) is 0 Å². The van der Waals surface area contributed by atoms with Crippen LogP contribution < -0.4 is 11.2 Å². The van der Waals surface area contributed by atoms with Gasteiger partial charge >= 0.3 is 0 Å². The second-order valence-electron chi connectivity index (χ2n) is 3.28. The van der Waals surface area contributed by atoms with Crippen LogP contribution in [0.3, 0.4) is 0 Å². The minimum absolute atomic E-state index is 0.0412. The number of nitrogens with two attached hydrogens (primary N) is 1. The number of fused-ring (bicyclic) bond motifs is 1. The molecule has 0 unspecified atom stereocenters. The number of hydrogen-bond donors (Lipinski definition) is 1. The number of hydrogen-bond acceptors (Lipinski definition) is 5. The molecule has 86 valence electrons. The van der Waals surface area contributed by atoms with E-state index < -0.39 is 16.3 Å². The van der Waals surface area contributed by atoms with Crippen molar-refractivity contribution < 1.29 is 14.1 Å². The molecule has 7 nitrogen and oxygen atoms in total. The number of non-ortho nitro benzene ring substituents is 1. The molecule has 0 aliphatic heterocycles. The summed E-state index contributed by atoms with van der Waals surface area (Å²) >= 11 is 0. The van der Waals surface area contributed by atoms with Gasteiger partial charge in [-0.15, -0.1) is 0 Å². The Morgan fingerprint density at radius 1 is 1.35 bits per heavy atom. The van der Waals surface area contributed by atoms with Gasteiger partial charge in [-0.05, 0) is 6.07 Å². The first kappa shape index (κ1) is 10.8. The molecular weight excluding hydrogens is 228 g/mol. The van der Waals surface area contributed by atoms with Crippen molar-refractivity contribution in [3.05, 3.63) is 50.4 Å². The van der Waals surface area contributed by atoms with Crippen molar-refractivity contribution in [3.8, 4) is 0 Å². The van der Waals surface area contributed by atoms with Crippen LogP contribution in [0.1, 0.15) is 10.6 Å². The van der Waals surface area contributed by atoms with Gasteiger partial charge < -0.3 is 10.2 Å². The number of benzene rings is 1. The lowest BCUT2D eigenvalue weighted by Gasteiger charge is -1.99. The number of nitrogens with zero attached hydrogens (tertiary/aromatic N) is 1. The van der Waals surface area contributed by atoms with Gasteiger partial charge in [0.05, 0.1) is 16.4 Å². The molecule has 0 aliphatic carbocycles. The van der Waals surface area contributed by atoms with Crippen LogP contribution in [0.15, 0.2) is 33.5 Å². The molecule has 1 aromatic carbocycles. The fourth-order valence-electron chi connectivity index (χ4n) is 1.38. The lowest BCUT2D eigenvalue weighted by Crippen LogP contribution is -2.14. The normalized spacial score (nSPS) is 10.4. The van der Waals surface area contributed by atoms with Gasteiger partial charge in [-0.25, -0.2) is 0 Å². The van der Waals surface area contributed by atoms with Crippen LogP contribution in [-0.4, -0.2) is 10.8 Å². The van der Waals surface area contributed by atoms with Gasteiger partial charge in [-0.3, -0.25) is 19.7 Å². The number of nitro benzene ring substituents is 1. The average Bonchev–Trinajstić information content (AvgIpc) is 2.27. The zero-order valence-electron chi connectivity index (χ0n) is 8.38. The quantitative estimate of drug-likeness (QED) is 0.609. The molecule has 1 aromatic heterocycles. The number of primary amides is 1. The molecular formula is C10H6N2O5. The van der Waals surface area contributed by atoms with Crippen LogP contribution in [0.4, 0.5) is 5.69 Å². The second-order valence-corrected chi connectivity index (χ2v) is 3.28. The van der Waals surface area contributed by atoms with E-state index in [1.165, 1.54) is 12.1 Å². The summed E-state index contributed by atoms with van der Waals surface area (Å²) in [5.74, 6) is -1.24. The van der Waals surface area contributed by atoms with Gasteiger partial charge in [0.2, 0.25) is 0 Å². The van der Waals surface area contributed by atoms with Crippen molar-refractivity contribution in [2.75, 3.05) is 0 Å². The lowest BCUT2D eigenvalue weighted by molar-refractivity contribution is -0.384. The van der Waals surface area contributed by atoms with E-state index in [0.29, 0.717) is 0 Å². The number of carbonyl (C=O) groups is 1. The summed E-state index contributed by atoms with van der Waals surface area (Å²) in [4.78, 5) is 32.3. The van der Waals surface area contributed by atoms with Gasteiger partial charge in [0.15, 0.2) is 11.2 Å². The van der Waals surface area contributed by atoms with E-state index in [1.807, 2.05) is 0 Å². The van der Waals surface area contributed by atoms with Gasteiger partial charge in [0.25, 0.3) is 11.6 Å². The molecule has 17 heavy (non-hydrogen) atoms. The highest BCUT2D eigenvalue weighted by molar-refractivity contribution is 5.92. The topological polar surface area (TPSA) is 116 Å². The molecule has 7 heteroatoms. The minimum Gasteiger partial charge on any atom is -0.450 e. The summed E-state index contributed by atoms with van der Waals surface area (Å²) in [6, 6.07) is 4.48. The summed E-state index contributed by atoms with van der Waals surface area (Å²) < 4.78 is 5.02. The van der Waals surface area contributed by atoms with Crippen LogP contribution in [0.5, 0.6) is 0 Å². The second kappa shape index (κ2) is 3.71. The Balaban J connectivity index is 2.79. The molecule has 2 rings (SSSR count). The first-order valence-electron chi connectivity index (χ1n) is 4.51. The molecule has 2 N–H and O–H groups in total. The third kappa shape index (κ3) is 1.85. The average molecular weight is 234 g/mol. The number of amides is 1. The fourth-order valence-corrected chi connectivity index (χ4v) is 1.38. The number of nitro groups is 1. The van der Waals surface area contributed by atoms with Gasteiger partial charge in [-0.1, -0.05) is 0 Å². The van der Waals surface area contributed by atoms with Crippen molar-refractivity contribution in [2.45, 2.75) is 0 Å². The Morgan fingerprint density at radius 3 is 2.65 bits per heavy atom. The zero-order chi connectivity index (χ0) is 12.6. The van der Waals surface area contributed by atoms with E-state index in [0.717, 1.165) is 12.1 Å². The standard InChI is InChI=1S/C10H6N2O5/c11-10(14)9-4-7(13)6-2-1-5(12(15)16)3-8(6)17-9/h1-4H,(H2,11,14). The number of carbonyl (C=O) groups excluding carboxylic acids is 1. The Kier molecular flexibility index (Phi) is 2.36. The molecule has 0 saturated carbocycles. The number of rotatable bonds is 2. The maximum absolute atomic E-state index is 11.5. The maximum Gasteiger partial charge on any atom is 0.284 e. The molecule has 1 heterocycles. The van der Waals surface area contributed by atoms with Crippen molar-refractivity contribution >= 4 is 22.6 Å². The van der Waals surface area contributed by atoms with Gasteiger partial charge in [0, 0.05) is 12.1 Å². The van der Waals surface area contributed by atoms with E-state index in [2.05, 4.69) is 0 Å². The Labute approximate surface area is 93.6 Å². The predicted octanol–water partition coefficient (Wildman–Crippen LogP) is 0.800. The summed E-state index contributed by atoms with van der Waals surface area (Å²) in [5.41, 5.74) is 4.21. The zero-order valence-corrected chi connectivity index (χ0v) is 8.38. The first-order valence-corrected chi connectivity index (χ1v) is 4.51. The Bertz CT molecular complexity index is 683. The summed E-state index contributed by atoms with van der Waals surface area (Å²) in [6.45, 7) is 0. The van der Waals surface area contributed by atoms with Crippen molar-refractivity contribution in [3.63, 3.8) is 0 Å². The first-order chi connectivity index (χ1) is 7.99. The largest absolute Gasteiger partial charge is 0.450 e. The molecule has 0 aliphatic rings. The Hall–Kier alpha value is -2.70. The Morgan fingerprint density at radius 2 is 2.06 bits per heavy atom. The molecule has 0 bridgehead atoms. The van der Waals surface area contributed by atoms with Crippen LogP contribution in [0.25, 0.3) is 11.0 Å². The third-order valence-electron chi connectivity index (χ3n) is 2.17. The van der Waals surface area contributed by atoms with E-state index in [1.54, 1.807) is 0 Å². The fraction of sp³-hybridized carbons (Fsp3) is 0. The van der Waals surface area contributed by atoms with E-state index in [9.17, 15) is 19.7 Å². The van der Waals surface area contributed by atoms with E-state index in [4.69, 9.17) is 10.2 Å². The SMILES string of the molecule is NC(=O)c1cc(=O)c2ccc([N+](=O)[O-])cc2o1. The molecule has 1 amide bonds. The maximum atomic E-state index is 11.5. The molecule has 0 fully saturated rings. The summed E-state index contributed by atoms with van der Waals surface area (Å²) in [7, 11) is 0. The van der Waals surface area contributed by atoms with Crippen molar-refractivity contribution in [1.29, 1.82) is 0 Å². The third-order valence-corrected chi connectivity index (χ3v) is 2.17. The molecule has 2 aromatic rings. The smallest absolute Gasteiger partial charge is 0.284 e. The van der Waals surface area contributed by atoms with Crippen LogP contribution in [0, 0.1) is 10.1 Å². The highest BCUT2D eigenvalue weighted by Gasteiger charge is 2.12. The van der Waals surface area contributed by atoms with E-state index >= 15 is 0 Å². The molecule has 0 spiro atoms.